The van der Waals surface area contributed by atoms with Crippen LogP contribution in [0.2, 0.25) is 0 Å². The number of aromatic hydroxyl groups is 2. The van der Waals surface area contributed by atoms with Crippen molar-refractivity contribution in [2.75, 3.05) is 20.3 Å². The minimum atomic E-state index is -0.770. The molecule has 0 spiro atoms. The number of nitrogens with one attached hydrogen (secondary N) is 2. The van der Waals surface area contributed by atoms with Gasteiger partial charge >= 0.3 is 0 Å². The number of hydrogen-bond donors (Lipinski definition) is 4. The number of methoxy groups -OCH3 is 1. The predicted octanol–water partition coefficient (Wildman–Crippen LogP) is 1.52. The molecule has 4 N–H and O–H groups in total. The Hall–Kier alpha value is -3.06. The molecule has 0 heterocycles. The number of ether oxygens (including phenoxy) is 1. The minimum Gasteiger partial charge on any atom is -0.508 e. The van der Waals surface area contributed by atoms with Crippen LogP contribution in [0, 0.1) is 0 Å². The monoisotopic (exact) mass is 386 g/mol. The molecular weight excluding hydrogens is 360 g/mol. The summed E-state index contributed by atoms with van der Waals surface area (Å²) in [6.07, 6.45) is 0.325. The Bertz CT molecular complexity index is 789. The number of carbonyl (C=O) groups is 2. The molecule has 2 aromatic rings. The van der Waals surface area contributed by atoms with Crippen LogP contribution in [0.4, 0.5) is 0 Å². The molecule has 0 saturated heterocycles. The minimum absolute atomic E-state index is 0.143. The first-order valence-electron chi connectivity index (χ1n) is 8.92. The topological polar surface area (TPSA) is 108 Å². The molecule has 0 aliphatic heterocycles. The lowest BCUT2D eigenvalue weighted by molar-refractivity contribution is -0.124. The third-order valence-electron chi connectivity index (χ3n) is 4.18. The van der Waals surface area contributed by atoms with Gasteiger partial charge in [-0.2, -0.15) is 0 Å². The van der Waals surface area contributed by atoms with Crippen molar-refractivity contribution >= 4 is 11.8 Å². The third-order valence-corrected chi connectivity index (χ3v) is 4.18. The molecule has 2 amide bonds. The quantitative estimate of drug-likeness (QED) is 0.523. The zero-order valence-electron chi connectivity index (χ0n) is 16.1. The first-order valence-corrected chi connectivity index (χ1v) is 8.92. The van der Waals surface area contributed by atoms with Crippen LogP contribution in [0.1, 0.15) is 18.1 Å². The summed E-state index contributed by atoms with van der Waals surface area (Å²) in [6.45, 7) is 2.24. The third kappa shape index (κ3) is 6.92. The van der Waals surface area contributed by atoms with Crippen LogP contribution in [-0.4, -0.2) is 47.8 Å². The van der Waals surface area contributed by atoms with E-state index in [0.717, 1.165) is 11.1 Å². The summed E-state index contributed by atoms with van der Waals surface area (Å²) < 4.78 is 5.21. The van der Waals surface area contributed by atoms with E-state index < -0.39 is 5.54 Å². The molecule has 0 unspecified atom stereocenters. The highest BCUT2D eigenvalue weighted by Gasteiger charge is 2.27. The highest BCUT2D eigenvalue weighted by Crippen LogP contribution is 2.12. The molecule has 2 rings (SSSR count). The molecule has 0 bridgehead atoms. The molecule has 2 aromatic carbocycles. The summed E-state index contributed by atoms with van der Waals surface area (Å²) in [7, 11) is 1.53. The van der Waals surface area contributed by atoms with Gasteiger partial charge in [0, 0.05) is 13.7 Å². The van der Waals surface area contributed by atoms with Crippen molar-refractivity contribution in [3.05, 3.63) is 59.7 Å². The van der Waals surface area contributed by atoms with Crippen LogP contribution < -0.4 is 10.6 Å². The van der Waals surface area contributed by atoms with Gasteiger partial charge in [0.25, 0.3) is 0 Å². The number of hydrogen-bond acceptors (Lipinski definition) is 5. The second-order valence-electron chi connectivity index (χ2n) is 7.01. The summed E-state index contributed by atoms with van der Waals surface area (Å²) in [6, 6.07) is 12.8. The molecule has 150 valence electrons. The number of phenols is 2. The van der Waals surface area contributed by atoms with Crippen molar-refractivity contribution in [2.45, 2.75) is 25.3 Å². The second kappa shape index (κ2) is 9.75. The Kier molecular flexibility index (Phi) is 7.40. The lowest BCUT2D eigenvalue weighted by Crippen LogP contribution is -2.56. The Labute approximate surface area is 164 Å². The van der Waals surface area contributed by atoms with Gasteiger partial charge in [0.2, 0.25) is 11.8 Å². The fourth-order valence-corrected chi connectivity index (χ4v) is 2.79. The van der Waals surface area contributed by atoms with Crippen molar-refractivity contribution in [2.24, 2.45) is 0 Å². The zero-order valence-corrected chi connectivity index (χ0v) is 16.1. The summed E-state index contributed by atoms with van der Waals surface area (Å²) in [4.78, 5) is 24.6. The summed E-state index contributed by atoms with van der Waals surface area (Å²) >= 11 is 0. The van der Waals surface area contributed by atoms with Crippen LogP contribution in [-0.2, 0) is 27.2 Å². The molecular formula is C21H26N2O5. The van der Waals surface area contributed by atoms with Crippen LogP contribution in [0.3, 0.4) is 0 Å². The molecule has 0 aliphatic carbocycles. The Balaban J connectivity index is 1.90. The standard InChI is InChI=1S/C21H26N2O5/c1-21(14-28-2,23-20(27)12-16-5-9-18(25)10-6-16)13-22-19(26)11-15-3-7-17(24)8-4-15/h3-10,24-25H,11-14H2,1-2H3,(H,22,26)(H,23,27)/t21-/m0/s1. The summed E-state index contributed by atoms with van der Waals surface area (Å²) in [5.74, 6) is -0.114. The van der Waals surface area contributed by atoms with Crippen molar-refractivity contribution in [1.29, 1.82) is 0 Å². The van der Waals surface area contributed by atoms with Crippen LogP contribution in [0.5, 0.6) is 11.5 Å². The number of carbonyl (C=O) groups excluding carboxylic acids is 2. The Morgan fingerprint density at radius 2 is 1.36 bits per heavy atom. The van der Waals surface area contributed by atoms with Gasteiger partial charge in [0.15, 0.2) is 0 Å². The fraction of sp³-hybridized carbons (Fsp3) is 0.333. The Morgan fingerprint density at radius 3 is 1.82 bits per heavy atom. The maximum Gasteiger partial charge on any atom is 0.224 e. The van der Waals surface area contributed by atoms with Crippen molar-refractivity contribution in [1.82, 2.24) is 10.6 Å². The molecule has 0 radical (unpaired) electrons. The highest BCUT2D eigenvalue weighted by atomic mass is 16.5. The Morgan fingerprint density at radius 1 is 0.893 bits per heavy atom. The van der Waals surface area contributed by atoms with Crippen LogP contribution in [0.15, 0.2) is 48.5 Å². The molecule has 28 heavy (non-hydrogen) atoms. The summed E-state index contributed by atoms with van der Waals surface area (Å²) in [5, 5.41) is 24.3. The van der Waals surface area contributed by atoms with Gasteiger partial charge in [0.1, 0.15) is 11.5 Å². The first-order chi connectivity index (χ1) is 13.3. The van der Waals surface area contributed by atoms with E-state index in [1.165, 1.54) is 31.4 Å². The molecule has 0 aliphatic rings. The summed E-state index contributed by atoms with van der Waals surface area (Å²) in [5.41, 5.74) is 0.777. The number of phenolic OH excluding ortho intramolecular Hbond substituents is 2. The largest absolute Gasteiger partial charge is 0.508 e. The van der Waals surface area contributed by atoms with E-state index >= 15 is 0 Å². The van der Waals surface area contributed by atoms with Gasteiger partial charge in [-0.3, -0.25) is 9.59 Å². The molecule has 7 heteroatoms. The van der Waals surface area contributed by atoms with Crippen LogP contribution in [0.25, 0.3) is 0 Å². The lowest BCUT2D eigenvalue weighted by Gasteiger charge is -2.30. The van der Waals surface area contributed by atoms with E-state index in [4.69, 9.17) is 4.74 Å². The van der Waals surface area contributed by atoms with Crippen molar-refractivity contribution < 1.29 is 24.5 Å². The molecule has 0 aromatic heterocycles. The van der Waals surface area contributed by atoms with E-state index in [1.54, 1.807) is 31.2 Å². The van der Waals surface area contributed by atoms with Gasteiger partial charge in [-0.05, 0) is 42.3 Å². The van der Waals surface area contributed by atoms with E-state index in [0.29, 0.717) is 0 Å². The van der Waals surface area contributed by atoms with Gasteiger partial charge in [-0.15, -0.1) is 0 Å². The predicted molar refractivity (Wildman–Crippen MR) is 105 cm³/mol. The normalized spacial score (nSPS) is 12.8. The molecule has 7 nitrogen and oxygen atoms in total. The number of benzene rings is 2. The van der Waals surface area contributed by atoms with E-state index in [9.17, 15) is 19.8 Å². The van der Waals surface area contributed by atoms with Crippen LogP contribution >= 0.6 is 0 Å². The average molecular weight is 386 g/mol. The second-order valence-corrected chi connectivity index (χ2v) is 7.01. The lowest BCUT2D eigenvalue weighted by atomic mass is 10.0. The molecule has 0 saturated carbocycles. The molecule has 0 fully saturated rings. The van der Waals surface area contributed by atoms with E-state index in [2.05, 4.69) is 10.6 Å². The van der Waals surface area contributed by atoms with Gasteiger partial charge in [-0.25, -0.2) is 0 Å². The number of rotatable bonds is 9. The smallest absolute Gasteiger partial charge is 0.224 e. The van der Waals surface area contributed by atoms with Crippen molar-refractivity contribution in [3.63, 3.8) is 0 Å². The number of amides is 2. The first kappa shape index (κ1) is 21.2. The van der Waals surface area contributed by atoms with Gasteiger partial charge in [0.05, 0.1) is 25.0 Å². The average Bonchev–Trinajstić information content (AvgIpc) is 2.64. The fourth-order valence-electron chi connectivity index (χ4n) is 2.79. The van der Waals surface area contributed by atoms with Gasteiger partial charge in [-0.1, -0.05) is 24.3 Å². The SMILES string of the molecule is COC[C@](C)(CNC(=O)Cc1ccc(O)cc1)NC(=O)Cc1ccc(O)cc1. The highest BCUT2D eigenvalue weighted by molar-refractivity contribution is 5.80. The maximum atomic E-state index is 12.4. The maximum absolute atomic E-state index is 12.4. The van der Waals surface area contributed by atoms with E-state index in [1.807, 2.05) is 0 Å². The van der Waals surface area contributed by atoms with Gasteiger partial charge < -0.3 is 25.6 Å². The van der Waals surface area contributed by atoms with Crippen molar-refractivity contribution in [3.8, 4) is 11.5 Å². The zero-order chi connectivity index (χ0) is 20.6. The van der Waals surface area contributed by atoms with E-state index in [-0.39, 0.29) is 49.3 Å². The molecule has 1 atom stereocenters.